The van der Waals surface area contributed by atoms with Crippen LogP contribution in [0.25, 0.3) is 0 Å². The highest BCUT2D eigenvalue weighted by atomic mass is 15.3. The van der Waals surface area contributed by atoms with Gasteiger partial charge in [-0.15, -0.1) is 0 Å². The van der Waals surface area contributed by atoms with E-state index in [4.69, 9.17) is 9.97 Å². The third-order valence-electron chi connectivity index (χ3n) is 6.74. The van der Waals surface area contributed by atoms with Crippen LogP contribution in [-0.4, -0.2) is 22.6 Å². The zero-order valence-electron chi connectivity index (χ0n) is 16.3. The van der Waals surface area contributed by atoms with Crippen LogP contribution in [-0.2, 0) is 6.42 Å². The molecule has 2 aromatic rings. The smallest absolute Gasteiger partial charge is 0.225 e. The molecule has 2 fully saturated rings. The molecular formula is C23H30N4. The van der Waals surface area contributed by atoms with E-state index in [9.17, 15) is 0 Å². The Labute approximate surface area is 162 Å². The lowest BCUT2D eigenvalue weighted by atomic mass is 9.75. The molecule has 3 heterocycles. The Kier molecular flexibility index (Phi) is 4.50. The minimum Gasteiger partial charge on any atom is -0.351 e. The third-order valence-corrected chi connectivity index (χ3v) is 6.74. The number of piperidine rings is 1. The summed E-state index contributed by atoms with van der Waals surface area (Å²) in [7, 11) is 0. The topological polar surface area (TPSA) is 41.1 Å². The molecule has 0 spiro atoms. The molecule has 4 aliphatic rings. The summed E-state index contributed by atoms with van der Waals surface area (Å²) in [6.45, 7) is 3.28. The summed E-state index contributed by atoms with van der Waals surface area (Å²) in [5, 5.41) is 3.65. The molecule has 4 heteroatoms. The van der Waals surface area contributed by atoms with Crippen LogP contribution in [0, 0.1) is 0 Å². The van der Waals surface area contributed by atoms with Gasteiger partial charge in [0, 0.05) is 30.3 Å². The van der Waals surface area contributed by atoms with Gasteiger partial charge in [-0.3, -0.25) is 0 Å². The SMILES string of the molecule is CCc1cc(N2C[C@H]3CC[C@H]2c2ccccc23)nc(NC2CCCCC2)n1. The molecule has 1 N–H and O–H groups in total. The predicted molar refractivity (Wildman–Crippen MR) is 110 cm³/mol. The van der Waals surface area contributed by atoms with E-state index in [0.717, 1.165) is 30.4 Å². The molecule has 0 amide bonds. The molecule has 2 atom stereocenters. The lowest BCUT2D eigenvalue weighted by molar-refractivity contribution is 0.387. The number of hydrogen-bond acceptors (Lipinski definition) is 4. The van der Waals surface area contributed by atoms with Crippen LogP contribution in [0.3, 0.4) is 0 Å². The first-order valence-corrected chi connectivity index (χ1v) is 10.8. The number of nitrogens with zero attached hydrogens (tertiary/aromatic N) is 3. The van der Waals surface area contributed by atoms with Gasteiger partial charge in [-0.05, 0) is 43.2 Å². The number of anilines is 2. The van der Waals surface area contributed by atoms with Crippen molar-refractivity contribution in [1.82, 2.24) is 9.97 Å². The van der Waals surface area contributed by atoms with Crippen LogP contribution >= 0.6 is 0 Å². The first-order chi connectivity index (χ1) is 13.3. The van der Waals surface area contributed by atoms with Crippen molar-refractivity contribution in [2.75, 3.05) is 16.8 Å². The summed E-state index contributed by atoms with van der Waals surface area (Å²) in [5.74, 6) is 2.59. The highest BCUT2D eigenvalue weighted by molar-refractivity contribution is 5.53. The highest BCUT2D eigenvalue weighted by Gasteiger charge is 2.38. The van der Waals surface area contributed by atoms with Crippen molar-refractivity contribution in [3.05, 3.63) is 47.2 Å². The van der Waals surface area contributed by atoms with Gasteiger partial charge in [-0.25, -0.2) is 4.98 Å². The Bertz CT molecular complexity index is 812. The van der Waals surface area contributed by atoms with E-state index in [-0.39, 0.29) is 0 Å². The van der Waals surface area contributed by atoms with Gasteiger partial charge in [0.25, 0.3) is 0 Å². The van der Waals surface area contributed by atoms with E-state index in [2.05, 4.69) is 47.5 Å². The van der Waals surface area contributed by atoms with E-state index in [1.165, 1.54) is 50.5 Å². The molecule has 6 rings (SSSR count). The number of hydrogen-bond donors (Lipinski definition) is 1. The highest BCUT2D eigenvalue weighted by Crippen LogP contribution is 2.48. The molecule has 0 radical (unpaired) electrons. The first kappa shape index (κ1) is 17.0. The van der Waals surface area contributed by atoms with E-state index < -0.39 is 0 Å². The summed E-state index contributed by atoms with van der Waals surface area (Å²) < 4.78 is 0. The molecule has 1 aromatic carbocycles. The van der Waals surface area contributed by atoms with Crippen LogP contribution in [0.4, 0.5) is 11.8 Å². The van der Waals surface area contributed by atoms with Gasteiger partial charge >= 0.3 is 0 Å². The Morgan fingerprint density at radius 1 is 1.00 bits per heavy atom. The quantitative estimate of drug-likeness (QED) is 0.809. The maximum atomic E-state index is 4.99. The van der Waals surface area contributed by atoms with Crippen molar-refractivity contribution in [2.45, 2.75) is 76.3 Å². The molecule has 27 heavy (non-hydrogen) atoms. The normalized spacial score (nSPS) is 24.7. The van der Waals surface area contributed by atoms with Crippen molar-refractivity contribution in [3.8, 4) is 0 Å². The van der Waals surface area contributed by atoms with Crippen molar-refractivity contribution >= 4 is 11.8 Å². The second kappa shape index (κ2) is 7.14. The van der Waals surface area contributed by atoms with Crippen LogP contribution in [0.1, 0.15) is 80.7 Å². The maximum absolute atomic E-state index is 4.99. The molecule has 2 aliphatic heterocycles. The van der Waals surface area contributed by atoms with Crippen LogP contribution in [0.2, 0.25) is 0 Å². The van der Waals surface area contributed by atoms with Gasteiger partial charge in [-0.2, -0.15) is 4.98 Å². The zero-order chi connectivity index (χ0) is 18.2. The molecule has 1 aromatic heterocycles. The maximum Gasteiger partial charge on any atom is 0.225 e. The summed E-state index contributed by atoms with van der Waals surface area (Å²) in [4.78, 5) is 12.3. The van der Waals surface area contributed by atoms with Crippen molar-refractivity contribution < 1.29 is 0 Å². The standard InChI is InChI=1S/C23H30N4/c1-2-17-14-22(26-23(24-17)25-18-8-4-3-5-9-18)27-15-16-12-13-21(27)20-11-7-6-10-19(16)20/h6-7,10-11,14,16,18,21H,2-5,8-9,12-13,15H2,1H3,(H,24,25,26)/t16-,21+/m1/s1. The molecule has 1 saturated heterocycles. The van der Waals surface area contributed by atoms with Crippen LogP contribution in [0.5, 0.6) is 0 Å². The summed E-state index contributed by atoms with van der Waals surface area (Å²) >= 11 is 0. The molecule has 0 unspecified atom stereocenters. The number of nitrogens with one attached hydrogen (secondary N) is 1. The second-order valence-corrected chi connectivity index (χ2v) is 8.45. The van der Waals surface area contributed by atoms with Gasteiger partial charge in [0.05, 0.1) is 6.04 Å². The Hall–Kier alpha value is -2.10. The summed E-state index contributed by atoms with van der Waals surface area (Å²) in [6, 6.07) is 12.3. The second-order valence-electron chi connectivity index (χ2n) is 8.45. The van der Waals surface area contributed by atoms with Gasteiger partial charge in [0.2, 0.25) is 5.95 Å². The first-order valence-electron chi connectivity index (χ1n) is 10.8. The zero-order valence-corrected chi connectivity index (χ0v) is 16.3. The van der Waals surface area contributed by atoms with Crippen molar-refractivity contribution in [2.24, 2.45) is 0 Å². The fraction of sp³-hybridized carbons (Fsp3) is 0.565. The number of aromatic nitrogens is 2. The summed E-state index contributed by atoms with van der Waals surface area (Å²) in [6.07, 6.45) is 10.0. The van der Waals surface area contributed by atoms with Crippen molar-refractivity contribution in [1.29, 1.82) is 0 Å². The number of fused-ring (bicyclic) bond motifs is 2. The average molecular weight is 363 g/mol. The molecular weight excluding hydrogens is 332 g/mol. The van der Waals surface area contributed by atoms with Gasteiger partial charge < -0.3 is 10.2 Å². The molecule has 142 valence electrons. The average Bonchev–Trinajstić information content (AvgIpc) is 2.75. The molecule has 2 bridgehead atoms. The van der Waals surface area contributed by atoms with Gasteiger partial charge in [0.1, 0.15) is 5.82 Å². The molecule has 4 nitrogen and oxygen atoms in total. The number of benzene rings is 1. The van der Waals surface area contributed by atoms with Crippen LogP contribution in [0.15, 0.2) is 30.3 Å². The van der Waals surface area contributed by atoms with Gasteiger partial charge in [0.15, 0.2) is 0 Å². The third kappa shape index (κ3) is 3.19. The minimum absolute atomic E-state index is 0.466. The minimum atomic E-state index is 0.466. The van der Waals surface area contributed by atoms with Crippen molar-refractivity contribution in [3.63, 3.8) is 0 Å². The van der Waals surface area contributed by atoms with E-state index in [1.54, 1.807) is 5.56 Å². The molecule has 1 saturated carbocycles. The number of aryl methyl sites for hydroxylation is 1. The Morgan fingerprint density at radius 3 is 2.63 bits per heavy atom. The fourth-order valence-corrected chi connectivity index (χ4v) is 5.29. The van der Waals surface area contributed by atoms with E-state index >= 15 is 0 Å². The Balaban J connectivity index is 1.45. The number of rotatable bonds is 4. The van der Waals surface area contributed by atoms with E-state index in [0.29, 0.717) is 18.0 Å². The summed E-state index contributed by atoms with van der Waals surface area (Å²) in [5.41, 5.74) is 4.22. The lowest BCUT2D eigenvalue weighted by Gasteiger charge is -2.47. The molecule has 2 aliphatic carbocycles. The largest absolute Gasteiger partial charge is 0.351 e. The van der Waals surface area contributed by atoms with Crippen LogP contribution < -0.4 is 10.2 Å². The fourth-order valence-electron chi connectivity index (χ4n) is 5.29. The Morgan fingerprint density at radius 2 is 1.81 bits per heavy atom. The monoisotopic (exact) mass is 362 g/mol. The lowest BCUT2D eigenvalue weighted by Crippen LogP contribution is -2.43. The predicted octanol–water partition coefficient (Wildman–Crippen LogP) is 5.22. The van der Waals surface area contributed by atoms with Gasteiger partial charge in [-0.1, -0.05) is 50.5 Å². The van der Waals surface area contributed by atoms with E-state index in [1.807, 2.05) is 0 Å².